The maximum Gasteiger partial charge on any atom is 0.261 e. The van der Waals surface area contributed by atoms with Crippen LogP contribution in [0.15, 0.2) is 58.3 Å². The molecule has 3 rings (SSSR count). The molecule has 1 aliphatic carbocycles. The molecule has 0 heterocycles. The molecule has 0 unspecified atom stereocenters. The zero-order chi connectivity index (χ0) is 22.2. The highest BCUT2D eigenvalue weighted by atomic mass is 35.7. The van der Waals surface area contributed by atoms with Gasteiger partial charge >= 0.3 is 0 Å². The highest BCUT2D eigenvalue weighted by Gasteiger charge is 2.16. The molecule has 5 nitrogen and oxygen atoms in total. The quantitative estimate of drug-likeness (QED) is 0.589. The van der Waals surface area contributed by atoms with Crippen molar-refractivity contribution in [2.75, 3.05) is 6.54 Å². The molecule has 8 heteroatoms. The van der Waals surface area contributed by atoms with Gasteiger partial charge < -0.3 is 0 Å². The van der Waals surface area contributed by atoms with Gasteiger partial charge in [-0.2, -0.15) is 0 Å². The highest BCUT2D eigenvalue weighted by molar-refractivity contribution is 8.13. The maximum atomic E-state index is 12.1. The van der Waals surface area contributed by atoms with Crippen LogP contribution in [0.25, 0.3) is 0 Å². The fourth-order valence-electron chi connectivity index (χ4n) is 3.44. The van der Waals surface area contributed by atoms with E-state index in [2.05, 4.69) is 4.72 Å². The lowest BCUT2D eigenvalue weighted by Crippen LogP contribution is -2.26. The first kappa shape index (κ1) is 24.9. The Morgan fingerprint density at radius 1 is 0.867 bits per heavy atom. The van der Waals surface area contributed by atoms with Crippen LogP contribution in [0.2, 0.25) is 0 Å². The molecule has 30 heavy (non-hydrogen) atoms. The van der Waals surface area contributed by atoms with Crippen molar-refractivity contribution < 1.29 is 16.8 Å². The van der Waals surface area contributed by atoms with E-state index < -0.39 is 19.1 Å². The number of hydrogen-bond donors (Lipinski definition) is 1. The number of aryl methyl sites for hydroxylation is 2. The van der Waals surface area contributed by atoms with Crippen molar-refractivity contribution >= 4 is 29.8 Å². The van der Waals surface area contributed by atoms with E-state index in [9.17, 15) is 16.8 Å². The third-order valence-electron chi connectivity index (χ3n) is 5.17. The third kappa shape index (κ3) is 8.38. The van der Waals surface area contributed by atoms with Crippen molar-refractivity contribution in [3.8, 4) is 0 Å². The zero-order valence-electron chi connectivity index (χ0n) is 17.5. The Bertz CT molecular complexity index is 1010. The van der Waals surface area contributed by atoms with Crippen LogP contribution < -0.4 is 4.72 Å². The molecule has 0 spiro atoms. The normalized spacial score (nSPS) is 15.3. The number of nitrogens with one attached hydrogen (secondary N) is 1. The standard InChI is InChI=1S/C15H23NO2S.C7H7ClO2S/c1-13-6-5-9-15(12-13)19(17,18)16-11-10-14-7-3-2-4-8-14;1-6-2-4-7(5-3-6)11(8,9)10/h5-6,9,12,14,16H,2-4,7-8,10-11H2,1H3;2-5H,1H3. The Labute approximate surface area is 185 Å². The molecule has 1 fully saturated rings. The van der Waals surface area contributed by atoms with Crippen LogP contribution in [0.4, 0.5) is 0 Å². The van der Waals surface area contributed by atoms with Crippen LogP contribution in [-0.2, 0) is 19.1 Å². The first-order valence-corrected chi connectivity index (χ1v) is 13.9. The summed E-state index contributed by atoms with van der Waals surface area (Å²) in [5, 5.41) is 0. The Kier molecular flexibility index (Phi) is 9.34. The van der Waals surface area contributed by atoms with Gasteiger partial charge in [0, 0.05) is 17.2 Å². The molecule has 0 radical (unpaired) electrons. The molecule has 0 aromatic heterocycles. The molecule has 2 aromatic carbocycles. The van der Waals surface area contributed by atoms with E-state index in [0.717, 1.165) is 17.5 Å². The van der Waals surface area contributed by atoms with E-state index in [1.807, 2.05) is 19.9 Å². The summed E-state index contributed by atoms with van der Waals surface area (Å²) in [6.07, 6.45) is 7.42. The lowest BCUT2D eigenvalue weighted by molar-refractivity contribution is 0.339. The number of benzene rings is 2. The van der Waals surface area contributed by atoms with Gasteiger partial charge in [-0.25, -0.2) is 21.6 Å². The van der Waals surface area contributed by atoms with Gasteiger partial charge in [0.25, 0.3) is 9.05 Å². The Balaban J connectivity index is 0.000000248. The van der Waals surface area contributed by atoms with Crippen LogP contribution in [0.1, 0.15) is 49.7 Å². The first-order chi connectivity index (χ1) is 14.1. The molecule has 1 N–H and O–H groups in total. The molecule has 2 aromatic rings. The van der Waals surface area contributed by atoms with Crippen LogP contribution in [0.3, 0.4) is 0 Å². The van der Waals surface area contributed by atoms with Gasteiger partial charge in [-0.05, 0) is 56.0 Å². The monoisotopic (exact) mass is 471 g/mol. The summed E-state index contributed by atoms with van der Waals surface area (Å²) < 4.78 is 48.4. The Hall–Kier alpha value is -1.41. The fourth-order valence-corrected chi connectivity index (χ4v) is 5.36. The summed E-state index contributed by atoms with van der Waals surface area (Å²) in [6, 6.07) is 13.4. The summed E-state index contributed by atoms with van der Waals surface area (Å²) in [6.45, 7) is 4.34. The van der Waals surface area contributed by atoms with Gasteiger partial charge in [0.15, 0.2) is 0 Å². The predicted molar refractivity (Wildman–Crippen MR) is 122 cm³/mol. The van der Waals surface area contributed by atoms with Gasteiger partial charge in [-0.1, -0.05) is 61.9 Å². The smallest absolute Gasteiger partial charge is 0.211 e. The summed E-state index contributed by atoms with van der Waals surface area (Å²) in [5.41, 5.74) is 1.98. The number of rotatable bonds is 6. The summed E-state index contributed by atoms with van der Waals surface area (Å²) in [4.78, 5) is 0.515. The largest absolute Gasteiger partial charge is 0.261 e. The predicted octanol–water partition coefficient (Wildman–Crippen LogP) is 5.17. The Morgan fingerprint density at radius 3 is 2.07 bits per heavy atom. The van der Waals surface area contributed by atoms with Crippen molar-refractivity contribution in [3.63, 3.8) is 0 Å². The van der Waals surface area contributed by atoms with E-state index in [4.69, 9.17) is 10.7 Å². The molecule has 1 aliphatic rings. The topological polar surface area (TPSA) is 80.3 Å². The lowest BCUT2D eigenvalue weighted by atomic mass is 9.87. The molecular weight excluding hydrogens is 442 g/mol. The van der Waals surface area contributed by atoms with E-state index in [1.54, 1.807) is 30.3 Å². The van der Waals surface area contributed by atoms with Crippen molar-refractivity contribution in [3.05, 3.63) is 59.7 Å². The van der Waals surface area contributed by atoms with Crippen molar-refractivity contribution in [1.82, 2.24) is 4.72 Å². The SMILES string of the molecule is Cc1ccc(S(=O)(=O)Cl)cc1.Cc1cccc(S(=O)(=O)NCCC2CCCCC2)c1. The minimum Gasteiger partial charge on any atom is -0.211 e. The van der Waals surface area contributed by atoms with Gasteiger partial charge in [0.1, 0.15) is 0 Å². The van der Waals surface area contributed by atoms with Gasteiger partial charge in [0.2, 0.25) is 10.0 Å². The molecular formula is C22H30ClNO4S2. The number of sulfonamides is 1. The summed E-state index contributed by atoms with van der Waals surface area (Å²) in [5.74, 6) is 0.703. The maximum absolute atomic E-state index is 12.1. The van der Waals surface area contributed by atoms with Crippen molar-refractivity contribution in [2.45, 2.75) is 62.2 Å². The van der Waals surface area contributed by atoms with Gasteiger partial charge in [-0.15, -0.1) is 0 Å². The molecule has 166 valence electrons. The number of halogens is 1. The third-order valence-corrected chi connectivity index (χ3v) is 8.00. The molecule has 0 saturated heterocycles. The van der Waals surface area contributed by atoms with E-state index in [-0.39, 0.29) is 4.90 Å². The highest BCUT2D eigenvalue weighted by Crippen LogP contribution is 2.26. The van der Waals surface area contributed by atoms with E-state index in [0.29, 0.717) is 17.4 Å². The molecule has 0 atom stereocenters. The molecule has 0 bridgehead atoms. The van der Waals surface area contributed by atoms with Crippen molar-refractivity contribution in [1.29, 1.82) is 0 Å². The fraction of sp³-hybridized carbons (Fsp3) is 0.455. The second kappa shape index (κ2) is 11.3. The average Bonchev–Trinajstić information content (AvgIpc) is 2.69. The van der Waals surface area contributed by atoms with E-state index >= 15 is 0 Å². The summed E-state index contributed by atoms with van der Waals surface area (Å²) in [7, 11) is -1.80. The van der Waals surface area contributed by atoms with Gasteiger partial charge in [-0.3, -0.25) is 0 Å². The second-order valence-corrected chi connectivity index (χ2v) is 12.1. The lowest BCUT2D eigenvalue weighted by Gasteiger charge is -2.21. The second-order valence-electron chi connectivity index (χ2n) is 7.76. The first-order valence-electron chi connectivity index (χ1n) is 10.2. The summed E-state index contributed by atoms with van der Waals surface area (Å²) >= 11 is 0. The van der Waals surface area contributed by atoms with Crippen LogP contribution in [0, 0.1) is 19.8 Å². The van der Waals surface area contributed by atoms with Crippen LogP contribution >= 0.6 is 10.7 Å². The minimum absolute atomic E-state index is 0.143. The number of hydrogen-bond acceptors (Lipinski definition) is 4. The molecule has 1 saturated carbocycles. The average molecular weight is 472 g/mol. The molecule has 0 aliphatic heterocycles. The van der Waals surface area contributed by atoms with Gasteiger partial charge in [0.05, 0.1) is 9.79 Å². The van der Waals surface area contributed by atoms with Crippen molar-refractivity contribution in [2.24, 2.45) is 5.92 Å². The Morgan fingerprint density at radius 2 is 1.50 bits per heavy atom. The minimum atomic E-state index is -3.55. The molecule has 0 amide bonds. The van der Waals surface area contributed by atoms with E-state index in [1.165, 1.54) is 44.2 Å². The van der Waals surface area contributed by atoms with Crippen LogP contribution in [0.5, 0.6) is 0 Å². The van der Waals surface area contributed by atoms with Crippen LogP contribution in [-0.4, -0.2) is 23.4 Å². The zero-order valence-corrected chi connectivity index (χ0v) is 19.9.